The normalized spacial score (nSPS) is 13.8. The van der Waals surface area contributed by atoms with Crippen molar-refractivity contribution in [1.29, 1.82) is 0 Å². The van der Waals surface area contributed by atoms with Crippen molar-refractivity contribution in [3.63, 3.8) is 0 Å². The van der Waals surface area contributed by atoms with Crippen molar-refractivity contribution in [2.75, 3.05) is 0 Å². The SMILES string of the molecule is C1=CCC(n2c3ccccc3c3ccc4c(c5ccccc5n4-c4c(-c5ccccc5)cc(-c5nc(-c6ccccc6)cc(-c6ccccc6)n5)cc4-c4ccccc4)c32)C=C1. The predicted octanol–water partition coefficient (Wildman–Crippen LogP) is 15.1. The minimum Gasteiger partial charge on any atom is -0.333 e. The fourth-order valence-corrected chi connectivity index (χ4v) is 9.66. The molecule has 4 nitrogen and oxygen atoms in total. The Morgan fingerprint density at radius 1 is 0.419 bits per heavy atom. The Morgan fingerprint density at radius 3 is 1.53 bits per heavy atom. The second-order valence-corrected chi connectivity index (χ2v) is 16.1. The van der Waals surface area contributed by atoms with Gasteiger partial charge in [-0.1, -0.05) is 188 Å². The van der Waals surface area contributed by atoms with Crippen LogP contribution in [0.3, 0.4) is 0 Å². The molecule has 292 valence electrons. The van der Waals surface area contributed by atoms with Gasteiger partial charge in [0.15, 0.2) is 5.82 Å². The highest BCUT2D eigenvalue weighted by Gasteiger charge is 2.26. The summed E-state index contributed by atoms with van der Waals surface area (Å²) in [6.07, 6.45) is 9.94. The maximum atomic E-state index is 5.34. The minimum absolute atomic E-state index is 0.196. The van der Waals surface area contributed by atoms with Gasteiger partial charge in [0.2, 0.25) is 0 Å². The van der Waals surface area contributed by atoms with E-state index in [2.05, 4.69) is 221 Å². The third-order valence-electron chi connectivity index (χ3n) is 12.4. The zero-order valence-corrected chi connectivity index (χ0v) is 33.9. The lowest BCUT2D eigenvalue weighted by atomic mass is 9.92. The first kappa shape index (κ1) is 35.8. The van der Waals surface area contributed by atoms with Gasteiger partial charge in [0.25, 0.3) is 0 Å². The van der Waals surface area contributed by atoms with Crippen LogP contribution < -0.4 is 0 Å². The summed E-state index contributed by atoms with van der Waals surface area (Å²) in [5.74, 6) is 0.675. The van der Waals surface area contributed by atoms with Crippen LogP contribution in [0.15, 0.2) is 224 Å². The molecule has 11 aromatic rings. The molecule has 62 heavy (non-hydrogen) atoms. The van der Waals surface area contributed by atoms with Crippen molar-refractivity contribution in [2.45, 2.75) is 12.5 Å². The number of fused-ring (bicyclic) bond motifs is 7. The lowest BCUT2D eigenvalue weighted by Crippen LogP contribution is -2.07. The first-order chi connectivity index (χ1) is 30.8. The molecule has 0 amide bonds. The van der Waals surface area contributed by atoms with E-state index in [1.165, 1.54) is 32.6 Å². The molecular weight excluding hydrogens is 753 g/mol. The van der Waals surface area contributed by atoms with Crippen molar-refractivity contribution >= 4 is 43.6 Å². The second kappa shape index (κ2) is 14.9. The lowest BCUT2D eigenvalue weighted by Gasteiger charge is -2.21. The molecular formula is C58H40N4. The number of para-hydroxylation sites is 2. The molecule has 1 aliphatic rings. The topological polar surface area (TPSA) is 35.6 Å². The monoisotopic (exact) mass is 792 g/mol. The second-order valence-electron chi connectivity index (χ2n) is 16.1. The van der Waals surface area contributed by atoms with Crippen LogP contribution in [0.4, 0.5) is 0 Å². The van der Waals surface area contributed by atoms with Crippen LogP contribution >= 0.6 is 0 Å². The highest BCUT2D eigenvalue weighted by Crippen LogP contribution is 2.47. The van der Waals surface area contributed by atoms with Crippen LogP contribution in [0.2, 0.25) is 0 Å². The van der Waals surface area contributed by atoms with Gasteiger partial charge in [0.05, 0.1) is 39.7 Å². The molecule has 8 aromatic carbocycles. The molecule has 0 N–H and O–H groups in total. The third-order valence-corrected chi connectivity index (χ3v) is 12.4. The van der Waals surface area contributed by atoms with Gasteiger partial charge < -0.3 is 9.13 Å². The molecule has 3 heterocycles. The van der Waals surface area contributed by atoms with Gasteiger partial charge in [-0.25, -0.2) is 9.97 Å². The predicted molar refractivity (Wildman–Crippen MR) is 258 cm³/mol. The molecule has 0 saturated carbocycles. The average molecular weight is 793 g/mol. The number of nitrogens with zero attached hydrogens (tertiary/aromatic N) is 4. The van der Waals surface area contributed by atoms with Gasteiger partial charge in [-0.05, 0) is 53.9 Å². The number of benzene rings is 8. The zero-order valence-electron chi connectivity index (χ0n) is 33.9. The molecule has 0 fully saturated rings. The van der Waals surface area contributed by atoms with E-state index in [1.807, 2.05) is 12.1 Å². The number of hydrogen-bond donors (Lipinski definition) is 0. The fourth-order valence-electron chi connectivity index (χ4n) is 9.66. The molecule has 12 rings (SSSR count). The largest absolute Gasteiger partial charge is 0.333 e. The Kier molecular flexibility index (Phi) is 8.60. The van der Waals surface area contributed by atoms with Gasteiger partial charge in [0.1, 0.15) is 0 Å². The minimum atomic E-state index is 0.196. The Morgan fingerprint density at radius 2 is 0.952 bits per heavy atom. The summed E-state index contributed by atoms with van der Waals surface area (Å²) in [7, 11) is 0. The van der Waals surface area contributed by atoms with E-state index < -0.39 is 0 Å². The molecule has 0 aliphatic heterocycles. The third kappa shape index (κ3) is 5.91. The summed E-state index contributed by atoms with van der Waals surface area (Å²) in [5, 5.41) is 5.02. The molecule has 4 heteroatoms. The average Bonchev–Trinajstić information content (AvgIpc) is 3.87. The van der Waals surface area contributed by atoms with Crippen molar-refractivity contribution in [3.05, 3.63) is 224 Å². The zero-order chi connectivity index (χ0) is 41.0. The molecule has 1 unspecified atom stereocenters. The van der Waals surface area contributed by atoms with Crippen molar-refractivity contribution < 1.29 is 0 Å². The summed E-state index contributed by atoms with van der Waals surface area (Å²) in [6.45, 7) is 0. The Bertz CT molecular complexity index is 3410. The number of rotatable bonds is 7. The van der Waals surface area contributed by atoms with E-state index in [-0.39, 0.29) is 6.04 Å². The molecule has 3 aromatic heterocycles. The van der Waals surface area contributed by atoms with Gasteiger partial charge >= 0.3 is 0 Å². The van der Waals surface area contributed by atoms with E-state index in [9.17, 15) is 0 Å². The Hall–Kier alpha value is -8.08. The summed E-state index contributed by atoms with van der Waals surface area (Å²) in [6, 6.07) is 71.9. The van der Waals surface area contributed by atoms with Gasteiger partial charge in [-0.2, -0.15) is 0 Å². The highest BCUT2D eigenvalue weighted by molar-refractivity contribution is 6.26. The summed E-state index contributed by atoms with van der Waals surface area (Å²) < 4.78 is 5.11. The molecule has 0 spiro atoms. The van der Waals surface area contributed by atoms with Crippen LogP contribution in [-0.4, -0.2) is 19.1 Å². The summed E-state index contributed by atoms with van der Waals surface area (Å²) in [5.41, 5.74) is 15.2. The van der Waals surface area contributed by atoms with Crippen LogP contribution in [0.5, 0.6) is 0 Å². The first-order valence-electron chi connectivity index (χ1n) is 21.4. The van der Waals surface area contributed by atoms with Gasteiger partial charge in [-0.15, -0.1) is 0 Å². The first-order valence-corrected chi connectivity index (χ1v) is 21.4. The molecule has 0 radical (unpaired) electrons. The number of allylic oxidation sites excluding steroid dienone is 4. The molecule has 0 saturated heterocycles. The van der Waals surface area contributed by atoms with Crippen LogP contribution in [0, 0.1) is 0 Å². The Labute approximate surface area is 360 Å². The Balaban J connectivity index is 1.21. The van der Waals surface area contributed by atoms with E-state index in [1.54, 1.807) is 0 Å². The molecule has 1 aliphatic carbocycles. The van der Waals surface area contributed by atoms with Crippen molar-refractivity contribution in [2.24, 2.45) is 0 Å². The van der Waals surface area contributed by atoms with E-state index in [0.29, 0.717) is 5.82 Å². The van der Waals surface area contributed by atoms with E-state index in [0.717, 1.165) is 73.5 Å². The summed E-state index contributed by atoms with van der Waals surface area (Å²) in [4.78, 5) is 10.7. The summed E-state index contributed by atoms with van der Waals surface area (Å²) >= 11 is 0. The van der Waals surface area contributed by atoms with E-state index >= 15 is 0 Å². The molecule has 1 atom stereocenters. The maximum absolute atomic E-state index is 5.34. The van der Waals surface area contributed by atoms with Gasteiger partial charge in [-0.3, -0.25) is 0 Å². The standard InChI is InChI=1S/C58H40N4/c1-6-20-39(21-7-1)48-36-43(58-59-50(41-24-10-3-11-25-41)38-51(60-58)42-26-12-4-13-27-42)37-49(40-22-8-2-9-23-40)56(48)62-53-33-19-17-31-47(53)55-54(62)35-34-46-45-30-16-18-32-52(45)61(57(46)55)44-28-14-5-15-29-44/h1-28,30-38,44H,29H2. The highest BCUT2D eigenvalue weighted by atomic mass is 15.0. The van der Waals surface area contributed by atoms with Crippen molar-refractivity contribution in [3.8, 4) is 61.8 Å². The quantitative estimate of drug-likeness (QED) is 0.161. The number of hydrogen-bond acceptors (Lipinski definition) is 2. The maximum Gasteiger partial charge on any atom is 0.160 e. The van der Waals surface area contributed by atoms with Gasteiger partial charge in [0, 0.05) is 54.9 Å². The number of aromatic nitrogens is 4. The lowest BCUT2D eigenvalue weighted by molar-refractivity contribution is 0.649. The van der Waals surface area contributed by atoms with E-state index in [4.69, 9.17) is 9.97 Å². The van der Waals surface area contributed by atoms with Crippen LogP contribution in [-0.2, 0) is 0 Å². The van der Waals surface area contributed by atoms with Crippen LogP contribution in [0.25, 0.3) is 105 Å². The van der Waals surface area contributed by atoms with Crippen molar-refractivity contribution in [1.82, 2.24) is 19.1 Å². The molecule has 0 bridgehead atoms. The fraction of sp³-hybridized carbons (Fsp3) is 0.0345. The van der Waals surface area contributed by atoms with Crippen LogP contribution in [0.1, 0.15) is 12.5 Å². The smallest absolute Gasteiger partial charge is 0.160 e.